The zero-order valence-corrected chi connectivity index (χ0v) is 17.8. The van der Waals surface area contributed by atoms with Crippen LogP contribution in [-0.4, -0.2) is 7.11 Å². The molecule has 0 unspecified atom stereocenters. The van der Waals surface area contributed by atoms with Gasteiger partial charge in [0.05, 0.1) is 18.8 Å². The van der Waals surface area contributed by atoms with E-state index in [1.54, 1.807) is 37.5 Å². The molecule has 0 N–H and O–H groups in total. The van der Waals surface area contributed by atoms with Gasteiger partial charge in [-0.15, -0.1) is 6.58 Å². The SMILES string of the molecule is C=CCc1cc(/C=C(/C#N)c2cccc(F)c2)cc(OC)c1OCc1ccc(Cl)cc1. The first kappa shape index (κ1) is 22.1. The molecule has 0 saturated carbocycles. The Morgan fingerprint density at radius 2 is 1.94 bits per heavy atom. The van der Waals surface area contributed by atoms with E-state index in [0.29, 0.717) is 40.7 Å². The van der Waals surface area contributed by atoms with Gasteiger partial charge in [0.1, 0.15) is 12.4 Å². The summed E-state index contributed by atoms with van der Waals surface area (Å²) in [6, 6.07) is 19.2. The molecule has 3 aromatic rings. The van der Waals surface area contributed by atoms with Crippen LogP contribution in [0.5, 0.6) is 11.5 Å². The lowest BCUT2D eigenvalue weighted by molar-refractivity contribution is 0.282. The molecule has 0 heterocycles. The Morgan fingerprint density at radius 3 is 2.58 bits per heavy atom. The van der Waals surface area contributed by atoms with Crippen molar-refractivity contribution in [1.82, 2.24) is 0 Å². The summed E-state index contributed by atoms with van der Waals surface area (Å²) >= 11 is 5.95. The molecule has 0 aliphatic rings. The van der Waals surface area contributed by atoms with Gasteiger partial charge in [0, 0.05) is 10.6 Å². The van der Waals surface area contributed by atoms with Gasteiger partial charge in [-0.25, -0.2) is 4.39 Å². The lowest BCUT2D eigenvalue weighted by Gasteiger charge is -2.16. The highest BCUT2D eigenvalue weighted by atomic mass is 35.5. The molecule has 3 rings (SSSR count). The smallest absolute Gasteiger partial charge is 0.165 e. The van der Waals surface area contributed by atoms with Crippen LogP contribution in [0.25, 0.3) is 11.6 Å². The molecule has 0 fully saturated rings. The van der Waals surface area contributed by atoms with E-state index >= 15 is 0 Å². The lowest BCUT2D eigenvalue weighted by atomic mass is 10.0. The van der Waals surface area contributed by atoms with E-state index in [1.165, 1.54) is 12.1 Å². The van der Waals surface area contributed by atoms with Crippen molar-refractivity contribution in [3.63, 3.8) is 0 Å². The number of ether oxygens (including phenoxy) is 2. The van der Waals surface area contributed by atoms with Gasteiger partial charge in [-0.3, -0.25) is 0 Å². The van der Waals surface area contributed by atoms with Crippen LogP contribution in [0, 0.1) is 17.1 Å². The molecule has 0 bridgehead atoms. The number of halogens is 2. The maximum atomic E-state index is 13.6. The summed E-state index contributed by atoms with van der Waals surface area (Å²) in [5, 5.41) is 10.3. The quantitative estimate of drug-likeness (QED) is 0.221. The van der Waals surface area contributed by atoms with Gasteiger partial charge in [0.15, 0.2) is 11.5 Å². The molecule has 3 aromatic carbocycles. The fraction of sp³-hybridized carbons (Fsp3) is 0.115. The minimum absolute atomic E-state index is 0.347. The Morgan fingerprint density at radius 1 is 1.16 bits per heavy atom. The molecule has 156 valence electrons. The summed E-state index contributed by atoms with van der Waals surface area (Å²) in [6.07, 6.45) is 4.03. The van der Waals surface area contributed by atoms with Crippen molar-refractivity contribution >= 4 is 23.3 Å². The first-order valence-electron chi connectivity index (χ1n) is 9.61. The Kier molecular flexibility index (Phi) is 7.48. The molecule has 31 heavy (non-hydrogen) atoms. The Hall–Kier alpha value is -3.55. The molecule has 5 heteroatoms. The minimum Gasteiger partial charge on any atom is -0.493 e. The summed E-state index contributed by atoms with van der Waals surface area (Å²) < 4.78 is 25.2. The van der Waals surface area contributed by atoms with Gasteiger partial charge in [-0.05, 0) is 65.6 Å². The predicted octanol–water partition coefficient (Wildman–Crippen LogP) is 6.86. The van der Waals surface area contributed by atoms with E-state index < -0.39 is 5.82 Å². The highest BCUT2D eigenvalue weighted by Gasteiger charge is 2.13. The molecular weight excluding hydrogens is 413 g/mol. The third-order valence-corrected chi connectivity index (χ3v) is 4.85. The third kappa shape index (κ3) is 5.75. The number of nitriles is 1. The van der Waals surface area contributed by atoms with Crippen molar-refractivity contribution in [2.75, 3.05) is 7.11 Å². The van der Waals surface area contributed by atoms with Crippen LogP contribution in [-0.2, 0) is 13.0 Å². The molecule has 0 spiro atoms. The van der Waals surface area contributed by atoms with E-state index in [9.17, 15) is 9.65 Å². The number of hydrogen-bond donors (Lipinski definition) is 0. The normalized spacial score (nSPS) is 11.0. The van der Waals surface area contributed by atoms with Crippen LogP contribution < -0.4 is 9.47 Å². The van der Waals surface area contributed by atoms with Crippen LogP contribution >= 0.6 is 11.6 Å². The number of hydrogen-bond acceptors (Lipinski definition) is 3. The molecule has 0 aliphatic heterocycles. The first-order chi connectivity index (χ1) is 15.0. The summed E-state index contributed by atoms with van der Waals surface area (Å²) in [6.45, 7) is 4.17. The topological polar surface area (TPSA) is 42.2 Å². The Labute approximate surface area is 186 Å². The largest absolute Gasteiger partial charge is 0.493 e. The standard InChI is InChI=1S/C26H21ClFNO2/c1-3-5-21-12-19(13-22(16-29)20-6-4-7-24(28)15-20)14-25(30-2)26(21)31-17-18-8-10-23(27)11-9-18/h3-4,6-15H,1,5,17H2,2H3/b22-13-. The van der Waals surface area contributed by atoms with E-state index in [1.807, 2.05) is 30.3 Å². The van der Waals surface area contributed by atoms with Crippen LogP contribution in [0.3, 0.4) is 0 Å². The van der Waals surface area contributed by atoms with Crippen molar-refractivity contribution in [3.05, 3.63) is 106 Å². The van der Waals surface area contributed by atoms with E-state index in [2.05, 4.69) is 12.6 Å². The maximum absolute atomic E-state index is 13.6. The fourth-order valence-corrected chi connectivity index (χ4v) is 3.25. The second kappa shape index (κ2) is 10.5. The second-order valence-corrected chi connectivity index (χ2v) is 7.24. The molecule has 0 aliphatic carbocycles. The van der Waals surface area contributed by atoms with Gasteiger partial charge < -0.3 is 9.47 Å². The maximum Gasteiger partial charge on any atom is 0.165 e. The van der Waals surface area contributed by atoms with Crippen LogP contribution in [0.2, 0.25) is 5.02 Å². The number of nitrogens with zero attached hydrogens (tertiary/aromatic N) is 1. The van der Waals surface area contributed by atoms with Crippen LogP contribution in [0.1, 0.15) is 22.3 Å². The van der Waals surface area contributed by atoms with Crippen molar-refractivity contribution < 1.29 is 13.9 Å². The summed E-state index contributed by atoms with van der Waals surface area (Å²) in [4.78, 5) is 0. The molecule has 0 amide bonds. The second-order valence-electron chi connectivity index (χ2n) is 6.80. The van der Waals surface area contributed by atoms with E-state index in [-0.39, 0.29) is 0 Å². The predicted molar refractivity (Wildman–Crippen MR) is 123 cm³/mol. The van der Waals surface area contributed by atoms with Gasteiger partial charge in [-0.2, -0.15) is 5.26 Å². The highest BCUT2D eigenvalue weighted by Crippen LogP contribution is 2.35. The zero-order chi connectivity index (χ0) is 22.2. The first-order valence-corrected chi connectivity index (χ1v) is 9.98. The van der Waals surface area contributed by atoms with Crippen LogP contribution in [0.15, 0.2) is 73.3 Å². The Balaban J connectivity index is 1.97. The fourth-order valence-electron chi connectivity index (χ4n) is 3.13. The van der Waals surface area contributed by atoms with E-state index in [4.69, 9.17) is 21.1 Å². The molecule has 0 radical (unpaired) electrons. The van der Waals surface area contributed by atoms with Gasteiger partial charge in [-0.1, -0.05) is 41.9 Å². The summed E-state index contributed by atoms with van der Waals surface area (Å²) in [7, 11) is 1.56. The van der Waals surface area contributed by atoms with Crippen molar-refractivity contribution in [1.29, 1.82) is 5.26 Å². The summed E-state index contributed by atoms with van der Waals surface area (Å²) in [5.41, 5.74) is 3.44. The molecule has 0 saturated heterocycles. The zero-order valence-electron chi connectivity index (χ0n) is 17.1. The number of benzene rings is 3. The van der Waals surface area contributed by atoms with Crippen molar-refractivity contribution in [2.45, 2.75) is 13.0 Å². The average Bonchev–Trinajstić information content (AvgIpc) is 2.77. The van der Waals surface area contributed by atoms with Gasteiger partial charge >= 0.3 is 0 Å². The van der Waals surface area contributed by atoms with Crippen molar-refractivity contribution in [2.24, 2.45) is 0 Å². The monoisotopic (exact) mass is 433 g/mol. The molecule has 0 aromatic heterocycles. The number of rotatable bonds is 8. The van der Waals surface area contributed by atoms with Crippen molar-refractivity contribution in [3.8, 4) is 17.6 Å². The van der Waals surface area contributed by atoms with E-state index in [0.717, 1.165) is 16.7 Å². The average molecular weight is 434 g/mol. The molecule has 3 nitrogen and oxygen atoms in total. The van der Waals surface area contributed by atoms with Gasteiger partial charge in [0.2, 0.25) is 0 Å². The Bertz CT molecular complexity index is 1150. The lowest BCUT2D eigenvalue weighted by Crippen LogP contribution is -2.02. The third-order valence-electron chi connectivity index (χ3n) is 4.60. The molecular formula is C26H21ClFNO2. The molecule has 0 atom stereocenters. The number of methoxy groups -OCH3 is 1. The van der Waals surface area contributed by atoms with Crippen LogP contribution in [0.4, 0.5) is 4.39 Å². The minimum atomic E-state index is -0.394. The van der Waals surface area contributed by atoms with Gasteiger partial charge in [0.25, 0.3) is 0 Å². The highest BCUT2D eigenvalue weighted by molar-refractivity contribution is 6.30. The number of allylic oxidation sites excluding steroid dienone is 2. The summed E-state index contributed by atoms with van der Waals surface area (Å²) in [5.74, 6) is 0.754.